The third-order valence-corrected chi connectivity index (χ3v) is 5.30. The Morgan fingerprint density at radius 1 is 1.18 bits per heavy atom. The van der Waals surface area contributed by atoms with Crippen molar-refractivity contribution < 1.29 is 0 Å². The summed E-state index contributed by atoms with van der Waals surface area (Å²) in [7, 11) is 2.37. The lowest BCUT2D eigenvalue weighted by molar-refractivity contribution is 0.119. The van der Waals surface area contributed by atoms with Crippen molar-refractivity contribution in [3.8, 4) is 0 Å². The van der Waals surface area contributed by atoms with Crippen LogP contribution < -0.4 is 0 Å². The minimum Gasteiger partial charge on any atom is -0.345 e. The van der Waals surface area contributed by atoms with Gasteiger partial charge in [-0.1, -0.05) is 46.5 Å². The number of hydrogen-bond acceptors (Lipinski definition) is 1. The third kappa shape index (κ3) is 2.72. The van der Waals surface area contributed by atoms with E-state index in [0.717, 1.165) is 17.9 Å². The van der Waals surface area contributed by atoms with E-state index in [1.807, 2.05) is 0 Å². The molecular formula is C15H30BN. The van der Waals surface area contributed by atoms with Gasteiger partial charge < -0.3 is 4.81 Å². The number of hydrogen-bond donors (Lipinski definition) is 0. The highest BCUT2D eigenvalue weighted by molar-refractivity contribution is 6.05. The van der Waals surface area contributed by atoms with Gasteiger partial charge in [0.25, 0.3) is 0 Å². The second-order valence-electron chi connectivity index (χ2n) is 6.91. The fraction of sp³-hybridized carbons (Fsp3) is 1.00. The van der Waals surface area contributed by atoms with Crippen LogP contribution in [0.1, 0.15) is 65.7 Å². The standard InChI is InChI=1S/C15H30BN/c1-4-6-8-15(3,9-7-5-2)14-13-10-12(13)11-17(14)16/h12-14H,4-11,16H2,1-3H3. The number of unbranched alkanes of at least 4 members (excludes halogenated alkanes) is 2. The molecule has 1 heterocycles. The summed E-state index contributed by atoms with van der Waals surface area (Å²) in [5.41, 5.74) is 0.594. The van der Waals surface area contributed by atoms with Gasteiger partial charge >= 0.3 is 0 Å². The Labute approximate surface area is 109 Å². The van der Waals surface area contributed by atoms with Gasteiger partial charge in [-0.15, -0.1) is 0 Å². The van der Waals surface area contributed by atoms with Gasteiger partial charge in [-0.2, -0.15) is 0 Å². The van der Waals surface area contributed by atoms with Gasteiger partial charge in [0.15, 0.2) is 7.98 Å². The molecule has 0 bridgehead atoms. The summed E-state index contributed by atoms with van der Waals surface area (Å²) in [6.07, 6.45) is 9.97. The smallest absolute Gasteiger partial charge is 0.185 e. The fourth-order valence-corrected chi connectivity index (χ4v) is 4.31. The molecule has 98 valence electrons. The van der Waals surface area contributed by atoms with E-state index >= 15 is 0 Å². The Bertz CT molecular complexity index is 243. The Morgan fingerprint density at radius 2 is 1.76 bits per heavy atom. The molecule has 3 unspecified atom stereocenters. The molecule has 0 aromatic heterocycles. The molecule has 0 aromatic rings. The van der Waals surface area contributed by atoms with Crippen LogP contribution in [0.2, 0.25) is 0 Å². The van der Waals surface area contributed by atoms with Crippen LogP contribution in [-0.4, -0.2) is 25.4 Å². The first-order valence-electron chi connectivity index (χ1n) is 7.82. The van der Waals surface area contributed by atoms with Crippen LogP contribution in [0.5, 0.6) is 0 Å². The maximum Gasteiger partial charge on any atom is 0.185 e. The highest BCUT2D eigenvalue weighted by Gasteiger charge is 2.56. The molecule has 2 heteroatoms. The summed E-state index contributed by atoms with van der Waals surface area (Å²) in [4.78, 5) is 2.68. The molecule has 0 N–H and O–H groups in total. The van der Waals surface area contributed by atoms with Crippen molar-refractivity contribution in [1.29, 1.82) is 0 Å². The number of piperidine rings is 1. The van der Waals surface area contributed by atoms with Gasteiger partial charge in [-0.25, -0.2) is 0 Å². The van der Waals surface area contributed by atoms with Crippen LogP contribution in [0.3, 0.4) is 0 Å². The van der Waals surface area contributed by atoms with Crippen LogP contribution in [0, 0.1) is 17.3 Å². The van der Waals surface area contributed by atoms with Gasteiger partial charge in [0.2, 0.25) is 0 Å². The van der Waals surface area contributed by atoms with Crippen LogP contribution >= 0.6 is 0 Å². The van der Waals surface area contributed by atoms with E-state index in [1.54, 1.807) is 0 Å². The zero-order valence-electron chi connectivity index (χ0n) is 12.3. The predicted octanol–water partition coefficient (Wildman–Crippen LogP) is 3.24. The zero-order chi connectivity index (χ0) is 12.5. The van der Waals surface area contributed by atoms with E-state index in [4.69, 9.17) is 0 Å². The molecule has 1 aliphatic carbocycles. The molecule has 0 spiro atoms. The van der Waals surface area contributed by atoms with E-state index in [9.17, 15) is 0 Å². The topological polar surface area (TPSA) is 3.24 Å². The normalized spacial score (nSPS) is 32.8. The van der Waals surface area contributed by atoms with Gasteiger partial charge in [-0.3, -0.25) is 0 Å². The summed E-state index contributed by atoms with van der Waals surface area (Å²) in [5.74, 6) is 2.12. The maximum atomic E-state index is 2.68. The average molecular weight is 235 g/mol. The zero-order valence-corrected chi connectivity index (χ0v) is 12.3. The Kier molecular flexibility index (Phi) is 4.23. The largest absolute Gasteiger partial charge is 0.345 e. The lowest BCUT2D eigenvalue weighted by Crippen LogP contribution is -2.44. The van der Waals surface area contributed by atoms with Gasteiger partial charge in [-0.05, 0) is 43.1 Å². The molecule has 0 aromatic carbocycles. The SMILES string of the molecule is BN1CC2CC2C1C(C)(CCCC)CCCC. The summed E-state index contributed by atoms with van der Waals surface area (Å²) in [6.45, 7) is 8.63. The Hall–Kier alpha value is 0.0249. The minimum atomic E-state index is 0.594. The van der Waals surface area contributed by atoms with Crippen molar-refractivity contribution in [3.63, 3.8) is 0 Å². The predicted molar refractivity (Wildman–Crippen MR) is 77.8 cm³/mol. The molecule has 2 rings (SSSR count). The fourth-order valence-electron chi connectivity index (χ4n) is 4.31. The second-order valence-corrected chi connectivity index (χ2v) is 6.91. The highest BCUT2D eigenvalue weighted by Crippen LogP contribution is 2.56. The Balaban J connectivity index is 2.02. The summed E-state index contributed by atoms with van der Waals surface area (Å²) in [6, 6.07) is 0.894. The first-order valence-corrected chi connectivity index (χ1v) is 7.82. The summed E-state index contributed by atoms with van der Waals surface area (Å²) < 4.78 is 0. The van der Waals surface area contributed by atoms with E-state index in [1.165, 1.54) is 51.5 Å². The molecule has 2 fully saturated rings. The number of nitrogens with zero attached hydrogens (tertiary/aromatic N) is 1. The lowest BCUT2D eigenvalue weighted by atomic mass is 9.71. The van der Waals surface area contributed by atoms with Crippen molar-refractivity contribution in [3.05, 3.63) is 0 Å². The quantitative estimate of drug-likeness (QED) is 0.612. The third-order valence-electron chi connectivity index (χ3n) is 5.30. The average Bonchev–Trinajstić information content (AvgIpc) is 2.95. The second kappa shape index (κ2) is 5.34. The molecule has 1 aliphatic heterocycles. The monoisotopic (exact) mass is 235 g/mol. The molecule has 3 atom stereocenters. The van der Waals surface area contributed by atoms with Crippen molar-refractivity contribution in [2.45, 2.75) is 71.8 Å². The van der Waals surface area contributed by atoms with Gasteiger partial charge in [0.05, 0.1) is 0 Å². The van der Waals surface area contributed by atoms with Gasteiger partial charge in [0.1, 0.15) is 0 Å². The van der Waals surface area contributed by atoms with E-state index in [0.29, 0.717) is 5.41 Å². The maximum absolute atomic E-state index is 2.68. The van der Waals surface area contributed by atoms with E-state index < -0.39 is 0 Å². The first kappa shape index (κ1) is 13.5. The number of rotatable bonds is 7. The van der Waals surface area contributed by atoms with Crippen LogP contribution in [0.4, 0.5) is 0 Å². The minimum absolute atomic E-state index is 0.594. The van der Waals surface area contributed by atoms with Crippen LogP contribution in [-0.2, 0) is 0 Å². The van der Waals surface area contributed by atoms with Crippen LogP contribution in [0.15, 0.2) is 0 Å². The molecule has 17 heavy (non-hydrogen) atoms. The van der Waals surface area contributed by atoms with Crippen LogP contribution in [0.25, 0.3) is 0 Å². The highest BCUT2D eigenvalue weighted by atomic mass is 15.1. The molecule has 2 aliphatic rings. The summed E-state index contributed by atoms with van der Waals surface area (Å²) in [5, 5.41) is 0. The van der Waals surface area contributed by atoms with Crippen molar-refractivity contribution >= 4 is 7.98 Å². The molecular weight excluding hydrogens is 205 g/mol. The van der Waals surface area contributed by atoms with Crippen molar-refractivity contribution in [2.75, 3.05) is 6.54 Å². The Morgan fingerprint density at radius 3 is 2.18 bits per heavy atom. The van der Waals surface area contributed by atoms with Crippen molar-refractivity contribution in [2.24, 2.45) is 17.3 Å². The molecule has 1 saturated carbocycles. The molecule has 0 amide bonds. The van der Waals surface area contributed by atoms with E-state index in [2.05, 4.69) is 33.6 Å². The lowest BCUT2D eigenvalue weighted by Gasteiger charge is -2.42. The number of fused-ring (bicyclic) bond motifs is 1. The first-order chi connectivity index (χ1) is 8.12. The van der Waals surface area contributed by atoms with E-state index in [-0.39, 0.29) is 0 Å². The summed E-state index contributed by atoms with van der Waals surface area (Å²) >= 11 is 0. The van der Waals surface area contributed by atoms with Gasteiger partial charge in [0, 0.05) is 6.04 Å². The van der Waals surface area contributed by atoms with Crippen molar-refractivity contribution in [1.82, 2.24) is 4.81 Å². The molecule has 1 saturated heterocycles. The molecule has 0 radical (unpaired) electrons. The molecule has 1 nitrogen and oxygen atoms in total.